The van der Waals surface area contributed by atoms with Crippen molar-refractivity contribution in [3.05, 3.63) is 35.9 Å². The number of likely N-dealkylation sites (tertiary alicyclic amines) is 1. The molecule has 2 aliphatic rings. The number of ether oxygens (including phenoxy) is 2. The lowest BCUT2D eigenvalue weighted by molar-refractivity contribution is -0.134. The number of nitrogens with one attached hydrogen (secondary N) is 2. The largest absolute Gasteiger partial charge is 0.445 e. The molecule has 1 aromatic rings. The molecular formula is C22H31N3O5. The highest BCUT2D eigenvalue weighted by Crippen LogP contribution is 2.32. The Kier molecular flexibility index (Phi) is 7.68. The summed E-state index contributed by atoms with van der Waals surface area (Å²) in [6.07, 6.45) is 2.59. The Morgan fingerprint density at radius 1 is 1.17 bits per heavy atom. The quantitative estimate of drug-likeness (QED) is 0.706. The minimum Gasteiger partial charge on any atom is -0.445 e. The smallest absolute Gasteiger partial charge is 0.408 e. The molecule has 1 aliphatic carbocycles. The number of alkyl carbamates (subject to hydrolysis) is 1. The second-order valence-corrected chi connectivity index (χ2v) is 8.01. The number of carbonyl (C=O) groups is 3. The third-order valence-electron chi connectivity index (χ3n) is 5.99. The first-order valence-electron chi connectivity index (χ1n) is 10.5. The van der Waals surface area contributed by atoms with Gasteiger partial charge in [0, 0.05) is 33.2 Å². The SMILES string of the molecule is CO[C@@H]1CC[C@H](N2CC[C@H](NC(=O)OCc3ccccc3)C2=O)[C@H](CNC(C)=O)C1. The van der Waals surface area contributed by atoms with Gasteiger partial charge in [-0.3, -0.25) is 9.59 Å². The standard InChI is InChI=1S/C22H31N3O5/c1-15(26)23-13-17-12-18(29-2)8-9-20(17)25-11-10-19(21(25)27)24-22(28)30-14-16-6-4-3-5-7-16/h3-7,17-20H,8-14H2,1-2H3,(H,23,26)(H,24,28)/t17-,18+,19-,20-/m0/s1. The predicted octanol–water partition coefficient (Wildman–Crippen LogP) is 1.83. The molecule has 4 atom stereocenters. The van der Waals surface area contributed by atoms with E-state index in [1.54, 1.807) is 7.11 Å². The molecule has 1 aromatic carbocycles. The molecule has 1 aliphatic heterocycles. The normalized spacial score (nSPS) is 26.3. The summed E-state index contributed by atoms with van der Waals surface area (Å²) in [6, 6.07) is 8.87. The van der Waals surface area contributed by atoms with Gasteiger partial charge in [0.1, 0.15) is 12.6 Å². The van der Waals surface area contributed by atoms with Gasteiger partial charge in [-0.15, -0.1) is 0 Å². The molecule has 8 heteroatoms. The molecule has 3 amide bonds. The second-order valence-electron chi connectivity index (χ2n) is 8.01. The molecule has 0 aromatic heterocycles. The first-order chi connectivity index (χ1) is 14.5. The van der Waals surface area contributed by atoms with E-state index in [2.05, 4.69) is 10.6 Å². The van der Waals surface area contributed by atoms with E-state index in [0.29, 0.717) is 19.5 Å². The van der Waals surface area contributed by atoms with E-state index in [1.165, 1.54) is 6.92 Å². The number of benzene rings is 1. The Bertz CT molecular complexity index is 742. The zero-order valence-corrected chi connectivity index (χ0v) is 17.6. The van der Waals surface area contributed by atoms with Crippen molar-refractivity contribution in [2.75, 3.05) is 20.2 Å². The van der Waals surface area contributed by atoms with Gasteiger partial charge in [-0.1, -0.05) is 30.3 Å². The zero-order valence-electron chi connectivity index (χ0n) is 17.6. The Balaban J connectivity index is 1.54. The highest BCUT2D eigenvalue weighted by atomic mass is 16.5. The molecule has 2 fully saturated rings. The molecule has 1 saturated heterocycles. The van der Waals surface area contributed by atoms with Crippen molar-refractivity contribution < 1.29 is 23.9 Å². The summed E-state index contributed by atoms with van der Waals surface area (Å²) in [7, 11) is 1.70. The first-order valence-corrected chi connectivity index (χ1v) is 10.5. The maximum atomic E-state index is 13.0. The van der Waals surface area contributed by atoms with Crippen LogP contribution in [0.25, 0.3) is 0 Å². The van der Waals surface area contributed by atoms with Gasteiger partial charge in [-0.2, -0.15) is 0 Å². The lowest BCUT2D eigenvalue weighted by Crippen LogP contribution is -2.51. The fourth-order valence-corrected chi connectivity index (χ4v) is 4.40. The van der Waals surface area contributed by atoms with Crippen molar-refractivity contribution in [2.24, 2.45) is 5.92 Å². The summed E-state index contributed by atoms with van der Waals surface area (Å²) in [4.78, 5) is 38.4. The van der Waals surface area contributed by atoms with Gasteiger partial charge in [-0.25, -0.2) is 4.79 Å². The fraction of sp³-hybridized carbons (Fsp3) is 0.591. The van der Waals surface area contributed by atoms with Crippen LogP contribution < -0.4 is 10.6 Å². The lowest BCUT2D eigenvalue weighted by atomic mass is 9.81. The Morgan fingerprint density at radius 3 is 2.63 bits per heavy atom. The Morgan fingerprint density at radius 2 is 1.93 bits per heavy atom. The van der Waals surface area contributed by atoms with Crippen LogP contribution in [0.2, 0.25) is 0 Å². The molecule has 0 bridgehead atoms. The Hall–Kier alpha value is -2.61. The van der Waals surface area contributed by atoms with Gasteiger partial charge < -0.3 is 25.0 Å². The molecule has 0 spiro atoms. The third-order valence-corrected chi connectivity index (χ3v) is 5.99. The molecule has 3 rings (SSSR count). The predicted molar refractivity (Wildman–Crippen MR) is 110 cm³/mol. The molecule has 1 heterocycles. The van der Waals surface area contributed by atoms with Crippen LogP contribution in [0.5, 0.6) is 0 Å². The van der Waals surface area contributed by atoms with Gasteiger partial charge >= 0.3 is 6.09 Å². The van der Waals surface area contributed by atoms with E-state index in [1.807, 2.05) is 35.2 Å². The summed E-state index contributed by atoms with van der Waals surface area (Å²) in [5, 5.41) is 5.59. The van der Waals surface area contributed by atoms with Crippen LogP contribution in [-0.4, -0.2) is 61.2 Å². The third kappa shape index (κ3) is 5.72. The van der Waals surface area contributed by atoms with Crippen LogP contribution in [0.1, 0.15) is 38.2 Å². The highest BCUT2D eigenvalue weighted by Gasteiger charge is 2.42. The van der Waals surface area contributed by atoms with Crippen molar-refractivity contribution >= 4 is 17.9 Å². The van der Waals surface area contributed by atoms with Gasteiger partial charge in [0.2, 0.25) is 11.8 Å². The van der Waals surface area contributed by atoms with Crippen LogP contribution in [-0.2, 0) is 25.7 Å². The molecule has 1 saturated carbocycles. The monoisotopic (exact) mass is 417 g/mol. The molecular weight excluding hydrogens is 386 g/mol. The summed E-state index contributed by atoms with van der Waals surface area (Å²) in [5.41, 5.74) is 0.891. The Labute approximate surface area is 177 Å². The number of hydrogen-bond acceptors (Lipinski definition) is 5. The molecule has 0 radical (unpaired) electrons. The number of nitrogens with zero attached hydrogens (tertiary/aromatic N) is 1. The van der Waals surface area contributed by atoms with E-state index >= 15 is 0 Å². The first kappa shape index (κ1) is 22.1. The molecule has 0 unspecified atom stereocenters. The van der Waals surface area contributed by atoms with Crippen molar-refractivity contribution in [1.29, 1.82) is 0 Å². The molecule has 8 nitrogen and oxygen atoms in total. The lowest BCUT2D eigenvalue weighted by Gasteiger charge is -2.40. The van der Waals surface area contributed by atoms with Crippen molar-refractivity contribution in [1.82, 2.24) is 15.5 Å². The van der Waals surface area contributed by atoms with Gasteiger partial charge in [0.05, 0.1) is 6.10 Å². The van der Waals surface area contributed by atoms with Gasteiger partial charge in [0.15, 0.2) is 0 Å². The minimum absolute atomic E-state index is 0.0305. The van der Waals surface area contributed by atoms with Crippen LogP contribution >= 0.6 is 0 Å². The van der Waals surface area contributed by atoms with Crippen molar-refractivity contribution in [3.8, 4) is 0 Å². The minimum atomic E-state index is -0.586. The summed E-state index contributed by atoms with van der Waals surface area (Å²) in [5.74, 6) is -0.0394. The second kappa shape index (κ2) is 10.4. The zero-order chi connectivity index (χ0) is 21.5. The van der Waals surface area contributed by atoms with Gasteiger partial charge in [-0.05, 0) is 37.2 Å². The van der Waals surface area contributed by atoms with E-state index in [4.69, 9.17) is 9.47 Å². The average Bonchev–Trinajstić information content (AvgIpc) is 3.11. The molecule has 164 valence electrons. The maximum absolute atomic E-state index is 13.0. The summed E-state index contributed by atoms with van der Waals surface area (Å²) < 4.78 is 10.8. The summed E-state index contributed by atoms with van der Waals surface area (Å²) >= 11 is 0. The number of hydrogen-bond donors (Lipinski definition) is 2. The van der Waals surface area contributed by atoms with Crippen LogP contribution in [0.3, 0.4) is 0 Å². The number of carbonyl (C=O) groups excluding carboxylic acids is 3. The topological polar surface area (TPSA) is 97.0 Å². The average molecular weight is 418 g/mol. The van der Waals surface area contributed by atoms with Crippen LogP contribution in [0, 0.1) is 5.92 Å². The van der Waals surface area contributed by atoms with Gasteiger partial charge in [0.25, 0.3) is 0 Å². The van der Waals surface area contributed by atoms with Crippen molar-refractivity contribution in [3.63, 3.8) is 0 Å². The van der Waals surface area contributed by atoms with Crippen LogP contribution in [0.15, 0.2) is 30.3 Å². The van der Waals surface area contributed by atoms with E-state index in [-0.39, 0.29) is 36.5 Å². The number of amides is 3. The van der Waals surface area contributed by atoms with E-state index < -0.39 is 12.1 Å². The maximum Gasteiger partial charge on any atom is 0.408 e. The molecule has 2 N–H and O–H groups in total. The fourth-order valence-electron chi connectivity index (χ4n) is 4.40. The van der Waals surface area contributed by atoms with E-state index in [9.17, 15) is 14.4 Å². The van der Waals surface area contributed by atoms with Crippen LogP contribution in [0.4, 0.5) is 4.79 Å². The number of methoxy groups -OCH3 is 1. The molecule has 30 heavy (non-hydrogen) atoms. The van der Waals surface area contributed by atoms with Crippen molar-refractivity contribution in [2.45, 2.75) is 57.4 Å². The van der Waals surface area contributed by atoms with E-state index in [0.717, 1.165) is 24.8 Å². The highest BCUT2D eigenvalue weighted by molar-refractivity contribution is 5.87. The summed E-state index contributed by atoms with van der Waals surface area (Å²) in [6.45, 7) is 2.76. The number of rotatable bonds is 7.